The molecular weight excluding hydrogens is 309 g/mol. The third-order valence-corrected chi connectivity index (χ3v) is 3.91. The van der Waals surface area contributed by atoms with Crippen LogP contribution in [0.4, 0.5) is 26.2 Å². The van der Waals surface area contributed by atoms with Crippen LogP contribution in [0.5, 0.6) is 0 Å². The Hall–Kier alpha value is -2.89. The summed E-state index contributed by atoms with van der Waals surface area (Å²) < 4.78 is 13.0. The number of nitrogens with one attached hydrogen (secondary N) is 2. The minimum absolute atomic E-state index is 0.204. The van der Waals surface area contributed by atoms with Crippen molar-refractivity contribution in [2.24, 2.45) is 0 Å². The smallest absolute Gasteiger partial charge is 0.322 e. The predicted molar refractivity (Wildman–Crippen MR) is 91.7 cm³/mol. The van der Waals surface area contributed by atoms with Crippen molar-refractivity contribution in [1.82, 2.24) is 0 Å². The Bertz CT molecular complexity index is 761. The Balaban J connectivity index is 1.93. The van der Waals surface area contributed by atoms with E-state index in [1.165, 1.54) is 29.2 Å². The first-order valence-corrected chi connectivity index (χ1v) is 7.86. The van der Waals surface area contributed by atoms with E-state index in [4.69, 9.17) is 0 Å². The van der Waals surface area contributed by atoms with Gasteiger partial charge in [-0.15, -0.1) is 0 Å². The number of carbonyl (C=O) groups is 2. The van der Waals surface area contributed by atoms with Gasteiger partial charge in [-0.25, -0.2) is 9.18 Å². The molecule has 0 aliphatic carbocycles. The molecule has 3 amide bonds. The largest absolute Gasteiger partial charge is 0.327 e. The molecule has 0 saturated heterocycles. The van der Waals surface area contributed by atoms with Gasteiger partial charge in [0.25, 0.3) is 0 Å². The normalized spacial score (nSPS) is 16.3. The van der Waals surface area contributed by atoms with E-state index in [1.54, 1.807) is 18.2 Å². The molecule has 0 saturated carbocycles. The third-order valence-electron chi connectivity index (χ3n) is 3.91. The quantitative estimate of drug-likeness (QED) is 0.895. The van der Waals surface area contributed by atoms with Crippen LogP contribution in [0, 0.1) is 5.82 Å². The lowest BCUT2D eigenvalue weighted by atomic mass is 10.0. The number of fused-ring (bicyclic) bond motifs is 1. The van der Waals surface area contributed by atoms with E-state index in [2.05, 4.69) is 10.6 Å². The van der Waals surface area contributed by atoms with Crippen molar-refractivity contribution in [2.45, 2.75) is 25.8 Å². The average molecular weight is 327 g/mol. The second kappa shape index (κ2) is 6.70. The standard InChI is InChI=1S/C18H18FN3O2/c1-2-5-16-17(23)21-14-6-3-4-7-15(14)22(16)18(24)20-13-10-8-12(19)9-11-13/h3-4,6-11,16H,2,5H2,1H3,(H,20,24)(H,21,23)/t16-/m0/s1. The van der Waals surface area contributed by atoms with E-state index in [1.807, 2.05) is 13.0 Å². The number of hydrogen-bond acceptors (Lipinski definition) is 2. The van der Waals surface area contributed by atoms with Gasteiger partial charge in [0.1, 0.15) is 11.9 Å². The van der Waals surface area contributed by atoms with Gasteiger partial charge in [-0.1, -0.05) is 25.5 Å². The number of rotatable bonds is 3. The zero-order valence-corrected chi connectivity index (χ0v) is 13.3. The highest BCUT2D eigenvalue weighted by Crippen LogP contribution is 2.33. The zero-order chi connectivity index (χ0) is 17.1. The molecule has 1 heterocycles. The van der Waals surface area contributed by atoms with Gasteiger partial charge >= 0.3 is 6.03 Å². The molecule has 0 bridgehead atoms. The first-order valence-electron chi connectivity index (χ1n) is 7.86. The predicted octanol–water partition coefficient (Wildman–Crippen LogP) is 3.99. The Morgan fingerprint density at radius 3 is 2.62 bits per heavy atom. The van der Waals surface area contributed by atoms with Gasteiger partial charge in [0.15, 0.2) is 0 Å². The van der Waals surface area contributed by atoms with Crippen molar-refractivity contribution in [3.8, 4) is 0 Å². The maximum absolute atomic E-state index is 13.0. The number of urea groups is 1. The van der Waals surface area contributed by atoms with E-state index in [9.17, 15) is 14.0 Å². The molecule has 3 rings (SSSR count). The molecule has 2 aromatic carbocycles. The molecule has 24 heavy (non-hydrogen) atoms. The summed E-state index contributed by atoms with van der Waals surface area (Å²) in [5.74, 6) is -0.579. The average Bonchev–Trinajstić information content (AvgIpc) is 2.57. The molecule has 5 nitrogen and oxygen atoms in total. The van der Waals surface area contributed by atoms with Gasteiger partial charge in [-0.3, -0.25) is 9.69 Å². The number of halogens is 1. The van der Waals surface area contributed by atoms with Gasteiger partial charge in [0.2, 0.25) is 5.91 Å². The van der Waals surface area contributed by atoms with Gasteiger partial charge in [-0.2, -0.15) is 0 Å². The molecule has 124 valence electrons. The second-order valence-electron chi connectivity index (χ2n) is 5.62. The molecule has 1 aliphatic rings. The van der Waals surface area contributed by atoms with Crippen LogP contribution in [0.1, 0.15) is 19.8 Å². The van der Waals surface area contributed by atoms with E-state index in [0.717, 1.165) is 6.42 Å². The second-order valence-corrected chi connectivity index (χ2v) is 5.62. The number of carbonyl (C=O) groups excluding carboxylic acids is 2. The van der Waals surface area contributed by atoms with Gasteiger partial charge in [0.05, 0.1) is 11.4 Å². The lowest BCUT2D eigenvalue weighted by molar-refractivity contribution is -0.117. The van der Waals surface area contributed by atoms with Crippen LogP contribution in [0.2, 0.25) is 0 Å². The van der Waals surface area contributed by atoms with Crippen LogP contribution in [0.25, 0.3) is 0 Å². The summed E-state index contributed by atoms with van der Waals surface area (Å²) in [6.45, 7) is 1.96. The van der Waals surface area contributed by atoms with Crippen molar-refractivity contribution < 1.29 is 14.0 Å². The highest BCUT2D eigenvalue weighted by atomic mass is 19.1. The first-order chi connectivity index (χ1) is 11.6. The summed E-state index contributed by atoms with van der Waals surface area (Å²) in [5.41, 5.74) is 1.72. The molecule has 0 aromatic heterocycles. The van der Waals surface area contributed by atoms with Crippen LogP contribution >= 0.6 is 0 Å². The van der Waals surface area contributed by atoms with Crippen molar-refractivity contribution in [2.75, 3.05) is 15.5 Å². The Morgan fingerprint density at radius 1 is 1.21 bits per heavy atom. The minimum atomic E-state index is -0.578. The molecule has 0 fully saturated rings. The number of hydrogen-bond donors (Lipinski definition) is 2. The van der Waals surface area contributed by atoms with Crippen LogP contribution < -0.4 is 15.5 Å². The molecular formula is C18H18FN3O2. The maximum atomic E-state index is 13.0. The number of benzene rings is 2. The summed E-state index contributed by atoms with van der Waals surface area (Å²) >= 11 is 0. The fourth-order valence-corrected chi connectivity index (χ4v) is 2.79. The van der Waals surface area contributed by atoms with Crippen LogP contribution in [-0.2, 0) is 4.79 Å². The fraction of sp³-hybridized carbons (Fsp3) is 0.222. The molecule has 1 atom stereocenters. The fourth-order valence-electron chi connectivity index (χ4n) is 2.79. The Morgan fingerprint density at radius 2 is 1.92 bits per heavy atom. The molecule has 0 spiro atoms. The minimum Gasteiger partial charge on any atom is -0.322 e. The molecule has 2 aromatic rings. The number of para-hydroxylation sites is 2. The van der Waals surface area contributed by atoms with Gasteiger partial charge in [-0.05, 0) is 42.8 Å². The number of amides is 3. The summed E-state index contributed by atoms with van der Waals surface area (Å²) in [4.78, 5) is 26.6. The van der Waals surface area contributed by atoms with E-state index < -0.39 is 12.1 Å². The molecule has 0 radical (unpaired) electrons. The van der Waals surface area contributed by atoms with Crippen LogP contribution in [0.3, 0.4) is 0 Å². The SMILES string of the molecule is CCC[C@H]1C(=O)Nc2ccccc2N1C(=O)Nc1ccc(F)cc1. The molecule has 0 unspecified atom stereocenters. The van der Waals surface area contributed by atoms with Gasteiger partial charge in [0, 0.05) is 5.69 Å². The summed E-state index contributed by atoms with van der Waals surface area (Å²) in [6.07, 6.45) is 1.32. The maximum Gasteiger partial charge on any atom is 0.327 e. The molecule has 1 aliphatic heterocycles. The van der Waals surface area contributed by atoms with Crippen molar-refractivity contribution >= 4 is 29.0 Å². The topological polar surface area (TPSA) is 61.4 Å². The Labute approximate surface area is 139 Å². The van der Waals surface area contributed by atoms with Crippen LogP contribution in [-0.4, -0.2) is 18.0 Å². The van der Waals surface area contributed by atoms with E-state index in [-0.39, 0.29) is 11.7 Å². The molecule has 2 N–H and O–H groups in total. The first kappa shape index (κ1) is 16.0. The van der Waals surface area contributed by atoms with Gasteiger partial charge < -0.3 is 10.6 Å². The number of nitrogens with zero attached hydrogens (tertiary/aromatic N) is 1. The lowest BCUT2D eigenvalue weighted by Gasteiger charge is -2.36. The summed E-state index contributed by atoms with van der Waals surface area (Å²) in [7, 11) is 0. The Kier molecular flexibility index (Phi) is 4.46. The van der Waals surface area contributed by atoms with Crippen molar-refractivity contribution in [3.05, 3.63) is 54.3 Å². The number of anilines is 3. The molecule has 6 heteroatoms. The highest BCUT2D eigenvalue weighted by Gasteiger charge is 2.36. The third kappa shape index (κ3) is 3.08. The highest BCUT2D eigenvalue weighted by molar-refractivity contribution is 6.14. The summed E-state index contributed by atoms with van der Waals surface area (Å²) in [5, 5.41) is 5.57. The van der Waals surface area contributed by atoms with Crippen LogP contribution in [0.15, 0.2) is 48.5 Å². The van der Waals surface area contributed by atoms with E-state index >= 15 is 0 Å². The van der Waals surface area contributed by atoms with Crippen molar-refractivity contribution in [1.29, 1.82) is 0 Å². The zero-order valence-electron chi connectivity index (χ0n) is 13.3. The van der Waals surface area contributed by atoms with E-state index in [0.29, 0.717) is 23.5 Å². The monoisotopic (exact) mass is 327 g/mol. The van der Waals surface area contributed by atoms with Crippen molar-refractivity contribution in [3.63, 3.8) is 0 Å². The lowest BCUT2D eigenvalue weighted by Crippen LogP contribution is -2.52. The summed E-state index contributed by atoms with van der Waals surface area (Å²) in [6, 6.07) is 11.7.